The molecule has 0 N–H and O–H groups in total. The van der Waals surface area contributed by atoms with Gasteiger partial charge in [0, 0.05) is 27.5 Å². The van der Waals surface area contributed by atoms with Crippen LogP contribution in [0, 0.1) is 0 Å². The minimum absolute atomic E-state index is 0.553. The summed E-state index contributed by atoms with van der Waals surface area (Å²) in [6.45, 7) is 0. The van der Waals surface area contributed by atoms with Gasteiger partial charge >= 0.3 is 0 Å². The van der Waals surface area contributed by atoms with E-state index < -0.39 is 5.41 Å². The summed E-state index contributed by atoms with van der Waals surface area (Å²) in [4.78, 5) is 14.8. The SMILES string of the molecule is c1ccc(-c2nc(-c3ccccc3)nc(-c3ccc(-c4ccc5c(c4)C(c4ccccc4)(c4ccccc4)c4ccc6oc7ccccc7c6c4-5)cc3)n2)cc1. The molecule has 0 atom stereocenters. The van der Waals surface area contributed by atoms with Gasteiger partial charge in [-0.05, 0) is 62.7 Å². The van der Waals surface area contributed by atoms with Crippen molar-refractivity contribution in [2.45, 2.75) is 5.41 Å². The van der Waals surface area contributed by atoms with Crippen LogP contribution in [0.25, 0.3) is 78.4 Å². The average molecular weight is 716 g/mol. The Morgan fingerprint density at radius 3 is 1.43 bits per heavy atom. The van der Waals surface area contributed by atoms with Crippen LogP contribution >= 0.6 is 0 Å². The summed E-state index contributed by atoms with van der Waals surface area (Å²) in [5, 5.41) is 2.29. The molecule has 2 aromatic heterocycles. The van der Waals surface area contributed by atoms with Gasteiger partial charge in [0.25, 0.3) is 0 Å². The van der Waals surface area contributed by atoms with E-state index in [4.69, 9.17) is 19.4 Å². The second-order valence-electron chi connectivity index (χ2n) is 14.3. The van der Waals surface area contributed by atoms with Crippen molar-refractivity contribution < 1.29 is 4.42 Å². The molecule has 0 radical (unpaired) electrons. The molecule has 0 spiro atoms. The third-order valence-corrected chi connectivity index (χ3v) is 11.2. The molecule has 1 aliphatic rings. The lowest BCUT2D eigenvalue weighted by atomic mass is 9.67. The number of nitrogens with zero attached hydrogens (tertiary/aromatic N) is 3. The maximum Gasteiger partial charge on any atom is 0.164 e. The van der Waals surface area contributed by atoms with Crippen molar-refractivity contribution in [2.75, 3.05) is 0 Å². The van der Waals surface area contributed by atoms with Crippen LogP contribution in [0.1, 0.15) is 22.3 Å². The molecule has 0 aliphatic heterocycles. The molecular formula is C52H33N3O. The van der Waals surface area contributed by atoms with E-state index >= 15 is 0 Å². The number of hydrogen-bond donors (Lipinski definition) is 0. The highest BCUT2D eigenvalue weighted by atomic mass is 16.3. The number of aromatic nitrogens is 3. The van der Waals surface area contributed by atoms with Gasteiger partial charge in [-0.15, -0.1) is 0 Å². The van der Waals surface area contributed by atoms with Gasteiger partial charge in [0.1, 0.15) is 11.2 Å². The Bertz CT molecular complexity index is 2950. The van der Waals surface area contributed by atoms with Gasteiger partial charge in [-0.2, -0.15) is 0 Å². The first-order valence-electron chi connectivity index (χ1n) is 18.9. The highest BCUT2D eigenvalue weighted by molar-refractivity contribution is 6.15. The van der Waals surface area contributed by atoms with Gasteiger partial charge in [-0.1, -0.05) is 182 Å². The molecule has 0 saturated heterocycles. The Hall–Kier alpha value is -7.43. The Morgan fingerprint density at radius 2 is 0.839 bits per heavy atom. The summed E-state index contributed by atoms with van der Waals surface area (Å²) >= 11 is 0. The van der Waals surface area contributed by atoms with Crippen molar-refractivity contribution >= 4 is 21.9 Å². The molecule has 0 amide bonds. The van der Waals surface area contributed by atoms with E-state index in [0.29, 0.717) is 17.5 Å². The Labute approximate surface area is 324 Å². The lowest BCUT2D eigenvalue weighted by Gasteiger charge is -2.34. The van der Waals surface area contributed by atoms with E-state index in [1.54, 1.807) is 0 Å². The monoisotopic (exact) mass is 715 g/mol. The number of para-hydroxylation sites is 1. The Kier molecular flexibility index (Phi) is 7.36. The van der Waals surface area contributed by atoms with Gasteiger partial charge < -0.3 is 4.42 Å². The normalized spacial score (nSPS) is 12.8. The van der Waals surface area contributed by atoms with Crippen LogP contribution in [0.4, 0.5) is 0 Å². The second-order valence-corrected chi connectivity index (χ2v) is 14.3. The van der Waals surface area contributed by atoms with Crippen molar-refractivity contribution in [1.82, 2.24) is 15.0 Å². The maximum atomic E-state index is 6.46. The van der Waals surface area contributed by atoms with Crippen LogP contribution < -0.4 is 0 Å². The van der Waals surface area contributed by atoms with Crippen LogP contribution in [-0.2, 0) is 5.41 Å². The van der Waals surface area contributed by atoms with Crippen LogP contribution in [-0.4, -0.2) is 15.0 Å². The number of furan rings is 1. The molecule has 10 aromatic rings. The zero-order valence-corrected chi connectivity index (χ0v) is 30.3. The largest absolute Gasteiger partial charge is 0.456 e. The van der Waals surface area contributed by atoms with Gasteiger partial charge in [-0.3, -0.25) is 0 Å². The molecule has 0 fully saturated rings. The fourth-order valence-corrected chi connectivity index (χ4v) is 8.72. The van der Waals surface area contributed by atoms with Crippen LogP contribution in [0.15, 0.2) is 205 Å². The average Bonchev–Trinajstić information content (AvgIpc) is 3.81. The van der Waals surface area contributed by atoms with E-state index in [1.165, 1.54) is 33.4 Å². The minimum atomic E-state index is -0.553. The third kappa shape index (κ3) is 4.96. The Balaban J connectivity index is 1.09. The zero-order chi connectivity index (χ0) is 37.1. The molecule has 8 aromatic carbocycles. The van der Waals surface area contributed by atoms with E-state index in [9.17, 15) is 0 Å². The highest BCUT2D eigenvalue weighted by Gasteiger charge is 2.47. The molecule has 56 heavy (non-hydrogen) atoms. The molecule has 11 rings (SSSR count). The minimum Gasteiger partial charge on any atom is -0.456 e. The summed E-state index contributed by atoms with van der Waals surface area (Å²) in [7, 11) is 0. The van der Waals surface area contributed by atoms with E-state index in [0.717, 1.165) is 49.8 Å². The van der Waals surface area contributed by atoms with E-state index in [-0.39, 0.29) is 0 Å². The molecule has 0 bridgehead atoms. The van der Waals surface area contributed by atoms with Crippen molar-refractivity contribution in [3.8, 4) is 56.4 Å². The Morgan fingerprint density at radius 1 is 0.357 bits per heavy atom. The molecular weight excluding hydrogens is 683 g/mol. The van der Waals surface area contributed by atoms with Crippen molar-refractivity contribution in [3.05, 3.63) is 222 Å². The van der Waals surface area contributed by atoms with Crippen LogP contribution in [0.5, 0.6) is 0 Å². The van der Waals surface area contributed by atoms with Crippen LogP contribution in [0.2, 0.25) is 0 Å². The highest BCUT2D eigenvalue weighted by Crippen LogP contribution is 2.59. The predicted molar refractivity (Wildman–Crippen MR) is 226 cm³/mol. The first-order valence-corrected chi connectivity index (χ1v) is 18.9. The summed E-state index contributed by atoms with van der Waals surface area (Å²) in [5.41, 5.74) is 13.7. The third-order valence-electron chi connectivity index (χ3n) is 11.2. The molecule has 4 nitrogen and oxygen atoms in total. The van der Waals surface area contributed by atoms with Gasteiger partial charge in [0.05, 0.1) is 5.41 Å². The van der Waals surface area contributed by atoms with Gasteiger partial charge in [-0.25, -0.2) is 15.0 Å². The number of rotatable bonds is 6. The van der Waals surface area contributed by atoms with Gasteiger partial charge in [0.15, 0.2) is 17.5 Å². The number of fused-ring (bicyclic) bond motifs is 7. The topological polar surface area (TPSA) is 51.8 Å². The van der Waals surface area contributed by atoms with Crippen molar-refractivity contribution in [3.63, 3.8) is 0 Å². The summed E-state index contributed by atoms with van der Waals surface area (Å²) in [6.07, 6.45) is 0. The van der Waals surface area contributed by atoms with E-state index in [2.05, 4.69) is 133 Å². The van der Waals surface area contributed by atoms with Crippen molar-refractivity contribution in [2.24, 2.45) is 0 Å². The van der Waals surface area contributed by atoms with E-state index in [1.807, 2.05) is 66.7 Å². The predicted octanol–water partition coefficient (Wildman–Crippen LogP) is 12.8. The molecule has 4 heteroatoms. The summed E-state index contributed by atoms with van der Waals surface area (Å²) in [5.74, 6) is 1.93. The molecule has 2 heterocycles. The van der Waals surface area contributed by atoms with Crippen molar-refractivity contribution in [1.29, 1.82) is 0 Å². The lowest BCUT2D eigenvalue weighted by molar-refractivity contribution is 0.668. The van der Waals surface area contributed by atoms with Gasteiger partial charge in [0.2, 0.25) is 0 Å². The smallest absolute Gasteiger partial charge is 0.164 e. The summed E-state index contributed by atoms with van der Waals surface area (Å²) < 4.78 is 6.46. The second kappa shape index (κ2) is 12.9. The molecule has 1 aliphatic carbocycles. The molecule has 0 unspecified atom stereocenters. The summed E-state index contributed by atoms with van der Waals surface area (Å²) in [6, 6.07) is 70.5. The quantitative estimate of drug-likeness (QED) is 0.172. The molecule has 0 saturated carbocycles. The first kappa shape index (κ1) is 32.0. The first-order chi connectivity index (χ1) is 27.8. The maximum absolute atomic E-state index is 6.46. The van der Waals surface area contributed by atoms with Crippen LogP contribution in [0.3, 0.4) is 0 Å². The standard InChI is InChI=1S/C52H33N3O/c1-5-15-35(16-6-1)49-53-50(36-17-7-2-8-18-36)55-51(54-49)37-27-25-34(26-28-37)38-29-30-41-44(33-38)52(39-19-9-3-10-20-39,40-21-11-4-12-22-40)43-31-32-46-48(47(41)43)42-23-13-14-24-45(42)56-46/h1-33H. The lowest BCUT2D eigenvalue weighted by Crippen LogP contribution is -2.28. The number of hydrogen-bond acceptors (Lipinski definition) is 4. The number of benzene rings is 8. The zero-order valence-electron chi connectivity index (χ0n) is 30.3. The molecule has 262 valence electrons. The fraction of sp³-hybridized carbons (Fsp3) is 0.0192. The fourth-order valence-electron chi connectivity index (χ4n) is 8.72.